The van der Waals surface area contributed by atoms with E-state index in [-0.39, 0.29) is 24.5 Å². The Morgan fingerprint density at radius 3 is 2.45 bits per heavy atom. The van der Waals surface area contributed by atoms with Gasteiger partial charge < -0.3 is 10.6 Å². The molecule has 0 fully saturated rings. The molecule has 0 aliphatic heterocycles. The quantitative estimate of drug-likeness (QED) is 0.433. The van der Waals surface area contributed by atoms with Crippen LogP contribution in [-0.4, -0.2) is 12.5 Å². The smallest absolute Gasteiger partial charge is 0.234 e. The molecule has 4 aromatic rings. The van der Waals surface area contributed by atoms with Crippen LogP contribution in [0.1, 0.15) is 35.0 Å². The van der Waals surface area contributed by atoms with Gasteiger partial charge in [0.15, 0.2) is 0 Å². The molecule has 3 nitrogen and oxygen atoms in total. The summed E-state index contributed by atoms with van der Waals surface area (Å²) in [6.45, 7) is 2.36. The molecular formula is C25H24N2OS. The Morgan fingerprint density at radius 2 is 1.66 bits per heavy atom. The second-order valence-corrected chi connectivity index (χ2v) is 8.08. The fourth-order valence-corrected chi connectivity index (χ4v) is 4.42. The lowest BCUT2D eigenvalue weighted by Crippen LogP contribution is -2.37. The summed E-state index contributed by atoms with van der Waals surface area (Å²) >= 11 is 1.66. The summed E-state index contributed by atoms with van der Waals surface area (Å²) in [5.74, 6) is -0.0145. The highest BCUT2D eigenvalue weighted by molar-refractivity contribution is 7.10. The highest BCUT2D eigenvalue weighted by Gasteiger charge is 2.18. The van der Waals surface area contributed by atoms with Crippen LogP contribution in [0.5, 0.6) is 0 Å². The summed E-state index contributed by atoms with van der Waals surface area (Å²) in [5, 5.41) is 11.0. The maximum Gasteiger partial charge on any atom is 0.234 e. The van der Waals surface area contributed by atoms with Crippen LogP contribution in [0.15, 0.2) is 90.3 Å². The van der Waals surface area contributed by atoms with Gasteiger partial charge in [0.25, 0.3) is 0 Å². The molecule has 0 aliphatic rings. The van der Waals surface area contributed by atoms with Crippen LogP contribution in [0.2, 0.25) is 0 Å². The second-order valence-electron chi connectivity index (χ2n) is 7.10. The first-order valence-electron chi connectivity index (χ1n) is 9.81. The van der Waals surface area contributed by atoms with Crippen LogP contribution in [0.4, 0.5) is 0 Å². The van der Waals surface area contributed by atoms with Crippen molar-refractivity contribution in [2.75, 3.05) is 6.54 Å². The largest absolute Gasteiger partial charge is 0.343 e. The molecule has 0 bridgehead atoms. The van der Waals surface area contributed by atoms with Crippen molar-refractivity contribution in [1.82, 2.24) is 10.6 Å². The van der Waals surface area contributed by atoms with E-state index in [9.17, 15) is 4.79 Å². The lowest BCUT2D eigenvalue weighted by atomic mass is 10.00. The number of hydrogen-bond acceptors (Lipinski definition) is 3. The Morgan fingerprint density at radius 1 is 0.897 bits per heavy atom. The van der Waals surface area contributed by atoms with E-state index in [0.29, 0.717) is 0 Å². The van der Waals surface area contributed by atoms with Gasteiger partial charge in [-0.1, -0.05) is 78.9 Å². The standard InChI is InChI=1S/C25H24N2OS/c1-18(21-14-7-12-19-9-5-6-13-22(19)21)26-17-24(28)27-25(23-15-8-16-29-23)20-10-3-2-4-11-20/h2-16,18,25-26H,17H2,1H3,(H,27,28)/t18-,25-/m1/s1. The maximum atomic E-state index is 12.8. The van der Waals surface area contributed by atoms with Gasteiger partial charge in [0, 0.05) is 10.9 Å². The Kier molecular flexibility index (Phi) is 6.03. The van der Waals surface area contributed by atoms with Gasteiger partial charge in [-0.15, -0.1) is 11.3 Å². The summed E-state index contributed by atoms with van der Waals surface area (Å²) in [6.07, 6.45) is 0. The van der Waals surface area contributed by atoms with Crippen molar-refractivity contribution < 1.29 is 4.79 Å². The first-order valence-corrected chi connectivity index (χ1v) is 10.7. The molecule has 2 atom stereocenters. The molecule has 4 heteroatoms. The van der Waals surface area contributed by atoms with Crippen LogP contribution in [0, 0.1) is 0 Å². The molecule has 0 saturated carbocycles. The van der Waals surface area contributed by atoms with Gasteiger partial charge in [0.2, 0.25) is 5.91 Å². The number of carbonyl (C=O) groups is 1. The van der Waals surface area contributed by atoms with Gasteiger partial charge in [-0.05, 0) is 40.3 Å². The number of nitrogens with one attached hydrogen (secondary N) is 2. The van der Waals surface area contributed by atoms with E-state index >= 15 is 0 Å². The SMILES string of the molecule is C[C@@H](NCC(=O)N[C@H](c1ccccc1)c1cccs1)c1cccc2ccccc12. The highest BCUT2D eigenvalue weighted by Crippen LogP contribution is 2.26. The summed E-state index contributed by atoms with van der Waals surface area (Å²) in [6, 6.07) is 28.8. The van der Waals surface area contributed by atoms with E-state index in [1.54, 1.807) is 11.3 Å². The zero-order valence-corrected chi connectivity index (χ0v) is 17.2. The fourth-order valence-electron chi connectivity index (χ4n) is 3.62. The zero-order valence-electron chi connectivity index (χ0n) is 16.3. The Hall–Kier alpha value is -2.95. The molecule has 1 heterocycles. The van der Waals surface area contributed by atoms with E-state index < -0.39 is 0 Å². The van der Waals surface area contributed by atoms with Crippen LogP contribution >= 0.6 is 11.3 Å². The van der Waals surface area contributed by atoms with Gasteiger partial charge >= 0.3 is 0 Å². The molecule has 3 aromatic carbocycles. The predicted molar refractivity (Wildman–Crippen MR) is 121 cm³/mol. The van der Waals surface area contributed by atoms with Gasteiger partial charge in [-0.2, -0.15) is 0 Å². The van der Waals surface area contributed by atoms with Crippen molar-refractivity contribution in [2.45, 2.75) is 19.0 Å². The van der Waals surface area contributed by atoms with Gasteiger partial charge in [0.1, 0.15) is 0 Å². The number of thiophene rings is 1. The van der Waals surface area contributed by atoms with Crippen molar-refractivity contribution in [3.63, 3.8) is 0 Å². The van der Waals surface area contributed by atoms with E-state index in [4.69, 9.17) is 0 Å². The van der Waals surface area contributed by atoms with E-state index in [1.165, 1.54) is 16.3 Å². The molecule has 0 radical (unpaired) electrons. The van der Waals surface area contributed by atoms with Gasteiger partial charge in [-0.3, -0.25) is 4.79 Å². The lowest BCUT2D eigenvalue weighted by Gasteiger charge is -2.20. The maximum absolute atomic E-state index is 12.8. The molecule has 0 aliphatic carbocycles. The molecule has 2 N–H and O–H groups in total. The fraction of sp³-hybridized carbons (Fsp3) is 0.160. The third-order valence-electron chi connectivity index (χ3n) is 5.12. The highest BCUT2D eigenvalue weighted by atomic mass is 32.1. The van der Waals surface area contributed by atoms with Crippen molar-refractivity contribution in [3.8, 4) is 0 Å². The third-order valence-corrected chi connectivity index (χ3v) is 6.06. The normalized spacial score (nSPS) is 13.1. The monoisotopic (exact) mass is 400 g/mol. The Bertz CT molecular complexity index is 1070. The summed E-state index contributed by atoms with van der Waals surface area (Å²) in [4.78, 5) is 13.9. The van der Waals surface area contributed by atoms with Crippen LogP contribution in [0.25, 0.3) is 10.8 Å². The summed E-state index contributed by atoms with van der Waals surface area (Å²) in [7, 11) is 0. The Balaban J connectivity index is 1.45. The minimum Gasteiger partial charge on any atom is -0.343 e. The number of benzene rings is 3. The van der Waals surface area contributed by atoms with Crippen molar-refractivity contribution in [2.24, 2.45) is 0 Å². The first kappa shape index (κ1) is 19.4. The van der Waals surface area contributed by atoms with E-state index in [0.717, 1.165) is 10.4 Å². The van der Waals surface area contributed by atoms with Crippen LogP contribution in [-0.2, 0) is 4.79 Å². The average molecular weight is 401 g/mol. The average Bonchev–Trinajstić information content (AvgIpc) is 3.30. The predicted octanol–water partition coefficient (Wildman–Crippen LogP) is 5.46. The minimum atomic E-state index is -0.127. The zero-order chi connectivity index (χ0) is 20.1. The third kappa shape index (κ3) is 4.56. The number of carbonyl (C=O) groups excluding carboxylic acids is 1. The topological polar surface area (TPSA) is 41.1 Å². The Labute approximate surface area is 175 Å². The lowest BCUT2D eigenvalue weighted by molar-refractivity contribution is -0.120. The van der Waals surface area contributed by atoms with Crippen molar-refractivity contribution in [3.05, 3.63) is 106 Å². The van der Waals surface area contributed by atoms with Crippen molar-refractivity contribution in [1.29, 1.82) is 0 Å². The minimum absolute atomic E-state index is 0.0145. The molecule has 1 aromatic heterocycles. The van der Waals surface area contributed by atoms with E-state index in [1.807, 2.05) is 35.7 Å². The molecule has 1 amide bonds. The van der Waals surface area contributed by atoms with Crippen LogP contribution in [0.3, 0.4) is 0 Å². The number of amides is 1. The molecule has 0 spiro atoms. The number of rotatable bonds is 7. The molecule has 0 unspecified atom stereocenters. The molecule has 146 valence electrons. The van der Waals surface area contributed by atoms with Crippen molar-refractivity contribution >= 4 is 28.0 Å². The summed E-state index contributed by atoms with van der Waals surface area (Å²) in [5.41, 5.74) is 2.29. The molecular weight excluding hydrogens is 376 g/mol. The first-order chi connectivity index (χ1) is 14.2. The van der Waals surface area contributed by atoms with Gasteiger partial charge in [0.05, 0.1) is 12.6 Å². The molecule has 4 rings (SSSR count). The summed E-state index contributed by atoms with van der Waals surface area (Å²) < 4.78 is 0. The number of hydrogen-bond donors (Lipinski definition) is 2. The van der Waals surface area contributed by atoms with Gasteiger partial charge in [-0.25, -0.2) is 0 Å². The second kappa shape index (κ2) is 9.03. The number of fused-ring (bicyclic) bond motifs is 1. The van der Waals surface area contributed by atoms with E-state index in [2.05, 4.69) is 72.2 Å². The molecule has 0 saturated heterocycles. The molecule has 29 heavy (non-hydrogen) atoms. The van der Waals surface area contributed by atoms with Crippen LogP contribution < -0.4 is 10.6 Å².